The highest BCUT2D eigenvalue weighted by Crippen LogP contribution is 2.21. The lowest BCUT2D eigenvalue weighted by Gasteiger charge is -2.10. The van der Waals surface area contributed by atoms with Crippen molar-refractivity contribution in [1.82, 2.24) is 0 Å². The number of carbonyl (C=O) groups excluding carboxylic acids is 2. The van der Waals surface area contributed by atoms with Crippen LogP contribution >= 0.6 is 11.6 Å². The summed E-state index contributed by atoms with van der Waals surface area (Å²) in [5, 5.41) is 3.05. The number of hydrogen-bond acceptors (Lipinski definition) is 3. The normalized spacial score (nSPS) is 10.1. The predicted octanol–water partition coefficient (Wildman–Crippen LogP) is 2.27. The summed E-state index contributed by atoms with van der Waals surface area (Å²) in [7, 11) is 0. The first-order valence-corrected chi connectivity index (χ1v) is 6.12. The smallest absolute Gasteiger partial charge is 0.257 e. The molecule has 0 aromatic heterocycles. The van der Waals surface area contributed by atoms with Crippen LogP contribution in [0.2, 0.25) is 5.02 Å². The van der Waals surface area contributed by atoms with Gasteiger partial charge in [-0.15, -0.1) is 0 Å². The van der Waals surface area contributed by atoms with Crippen LogP contribution in [-0.4, -0.2) is 11.8 Å². The molecule has 102 valence electrons. The maximum absolute atomic E-state index is 12.1. The van der Waals surface area contributed by atoms with E-state index in [-0.39, 0.29) is 16.8 Å². The standard InChI is InChI=1S/C14H12ClN3O2/c15-8-5-6-9(11(16)7-8)14(20)18-12-4-2-1-3-10(12)13(17)19/h1-7H,16H2,(H2,17,19)(H,18,20). The highest BCUT2D eigenvalue weighted by molar-refractivity contribution is 6.31. The van der Waals surface area contributed by atoms with E-state index in [1.54, 1.807) is 24.3 Å². The second-order valence-corrected chi connectivity index (χ2v) is 4.53. The van der Waals surface area contributed by atoms with E-state index in [2.05, 4.69) is 5.32 Å². The molecule has 20 heavy (non-hydrogen) atoms. The monoisotopic (exact) mass is 289 g/mol. The molecule has 0 heterocycles. The number of para-hydroxylation sites is 1. The lowest BCUT2D eigenvalue weighted by molar-refractivity contribution is 0.100. The van der Waals surface area contributed by atoms with Gasteiger partial charge in [0, 0.05) is 10.7 Å². The van der Waals surface area contributed by atoms with E-state index in [1.807, 2.05) is 0 Å². The number of benzene rings is 2. The molecule has 2 aromatic rings. The fraction of sp³-hybridized carbons (Fsp3) is 0. The minimum atomic E-state index is -0.620. The molecule has 2 amide bonds. The van der Waals surface area contributed by atoms with Gasteiger partial charge in [-0.2, -0.15) is 0 Å². The topological polar surface area (TPSA) is 98.2 Å². The number of nitrogen functional groups attached to an aromatic ring is 1. The van der Waals surface area contributed by atoms with Gasteiger partial charge in [-0.05, 0) is 30.3 Å². The zero-order valence-corrected chi connectivity index (χ0v) is 11.1. The first kappa shape index (κ1) is 13.9. The molecule has 0 saturated heterocycles. The molecule has 0 unspecified atom stereocenters. The van der Waals surface area contributed by atoms with Gasteiger partial charge >= 0.3 is 0 Å². The first-order valence-electron chi connectivity index (χ1n) is 5.74. The van der Waals surface area contributed by atoms with Crippen LogP contribution in [0.1, 0.15) is 20.7 Å². The van der Waals surface area contributed by atoms with E-state index in [0.29, 0.717) is 10.7 Å². The Morgan fingerprint density at radius 2 is 1.75 bits per heavy atom. The highest BCUT2D eigenvalue weighted by atomic mass is 35.5. The Morgan fingerprint density at radius 3 is 2.40 bits per heavy atom. The van der Waals surface area contributed by atoms with Gasteiger partial charge in [0.15, 0.2) is 0 Å². The molecule has 2 aromatic carbocycles. The summed E-state index contributed by atoms with van der Waals surface area (Å²) in [4.78, 5) is 23.4. The summed E-state index contributed by atoms with van der Waals surface area (Å²) in [5.41, 5.74) is 12.1. The van der Waals surface area contributed by atoms with Gasteiger partial charge in [0.05, 0.1) is 16.8 Å². The van der Waals surface area contributed by atoms with Gasteiger partial charge in [0.1, 0.15) is 0 Å². The number of carbonyl (C=O) groups is 2. The van der Waals surface area contributed by atoms with E-state index in [0.717, 1.165) is 0 Å². The van der Waals surface area contributed by atoms with Crippen LogP contribution in [0.4, 0.5) is 11.4 Å². The van der Waals surface area contributed by atoms with Crippen molar-refractivity contribution in [2.45, 2.75) is 0 Å². The largest absolute Gasteiger partial charge is 0.398 e. The Morgan fingerprint density at radius 1 is 1.05 bits per heavy atom. The highest BCUT2D eigenvalue weighted by Gasteiger charge is 2.13. The SMILES string of the molecule is NC(=O)c1ccccc1NC(=O)c1ccc(Cl)cc1N. The number of nitrogens with two attached hydrogens (primary N) is 2. The van der Waals surface area contributed by atoms with Gasteiger partial charge in [-0.25, -0.2) is 0 Å². The summed E-state index contributed by atoms with van der Waals surface area (Å²) >= 11 is 5.78. The molecule has 0 fully saturated rings. The molecular formula is C14H12ClN3O2. The van der Waals surface area contributed by atoms with Crippen LogP contribution in [0.5, 0.6) is 0 Å². The van der Waals surface area contributed by atoms with Crippen molar-refractivity contribution in [3.63, 3.8) is 0 Å². The molecule has 0 atom stereocenters. The maximum Gasteiger partial charge on any atom is 0.257 e. The van der Waals surface area contributed by atoms with Gasteiger partial charge in [-0.1, -0.05) is 23.7 Å². The van der Waals surface area contributed by atoms with Crippen LogP contribution in [0.3, 0.4) is 0 Å². The van der Waals surface area contributed by atoms with E-state index in [4.69, 9.17) is 23.1 Å². The molecule has 0 aliphatic rings. The number of halogens is 1. The second-order valence-electron chi connectivity index (χ2n) is 4.10. The third-order valence-corrected chi connectivity index (χ3v) is 2.93. The minimum Gasteiger partial charge on any atom is -0.398 e. The molecule has 0 aliphatic carbocycles. The zero-order valence-electron chi connectivity index (χ0n) is 10.4. The van der Waals surface area contributed by atoms with Crippen molar-refractivity contribution in [2.24, 2.45) is 5.73 Å². The molecule has 5 nitrogen and oxygen atoms in total. The number of primary amides is 1. The van der Waals surface area contributed by atoms with Crippen molar-refractivity contribution in [3.8, 4) is 0 Å². The maximum atomic E-state index is 12.1. The van der Waals surface area contributed by atoms with E-state index < -0.39 is 11.8 Å². The predicted molar refractivity (Wildman–Crippen MR) is 78.8 cm³/mol. The third kappa shape index (κ3) is 2.89. The quantitative estimate of drug-likeness (QED) is 0.756. The number of anilines is 2. The van der Waals surface area contributed by atoms with Crippen LogP contribution in [0.15, 0.2) is 42.5 Å². The average Bonchev–Trinajstić information content (AvgIpc) is 2.38. The van der Waals surface area contributed by atoms with Gasteiger partial charge in [-0.3, -0.25) is 9.59 Å². The van der Waals surface area contributed by atoms with Crippen LogP contribution in [-0.2, 0) is 0 Å². The summed E-state index contributed by atoms with van der Waals surface area (Å²) < 4.78 is 0. The zero-order chi connectivity index (χ0) is 14.7. The lowest BCUT2D eigenvalue weighted by Crippen LogP contribution is -2.19. The molecule has 5 N–H and O–H groups in total. The molecule has 0 bridgehead atoms. The minimum absolute atomic E-state index is 0.230. The Bertz CT molecular complexity index is 686. The Balaban J connectivity index is 2.30. The Kier molecular flexibility index (Phi) is 3.91. The van der Waals surface area contributed by atoms with Gasteiger partial charge < -0.3 is 16.8 Å². The molecule has 0 saturated carbocycles. The number of nitrogens with one attached hydrogen (secondary N) is 1. The van der Waals surface area contributed by atoms with Crippen molar-refractivity contribution in [3.05, 3.63) is 58.6 Å². The fourth-order valence-electron chi connectivity index (χ4n) is 1.74. The average molecular weight is 290 g/mol. The molecule has 0 aliphatic heterocycles. The summed E-state index contributed by atoms with van der Waals surface area (Å²) in [6.45, 7) is 0. The molecule has 0 spiro atoms. The molecule has 2 rings (SSSR count). The number of hydrogen-bond donors (Lipinski definition) is 3. The first-order chi connectivity index (χ1) is 9.49. The summed E-state index contributed by atoms with van der Waals surface area (Å²) in [5.74, 6) is -1.06. The fourth-order valence-corrected chi connectivity index (χ4v) is 1.92. The number of amides is 2. The van der Waals surface area contributed by atoms with Crippen molar-refractivity contribution in [2.75, 3.05) is 11.1 Å². The number of rotatable bonds is 3. The van der Waals surface area contributed by atoms with Crippen LogP contribution < -0.4 is 16.8 Å². The summed E-state index contributed by atoms with van der Waals surface area (Å²) in [6.07, 6.45) is 0. The van der Waals surface area contributed by atoms with E-state index in [1.165, 1.54) is 18.2 Å². The van der Waals surface area contributed by atoms with Crippen LogP contribution in [0.25, 0.3) is 0 Å². The van der Waals surface area contributed by atoms with Crippen molar-refractivity contribution < 1.29 is 9.59 Å². The Hall–Kier alpha value is -2.53. The van der Waals surface area contributed by atoms with Gasteiger partial charge in [0.2, 0.25) is 0 Å². The van der Waals surface area contributed by atoms with Crippen molar-refractivity contribution in [1.29, 1.82) is 0 Å². The Labute approximate surface area is 120 Å². The summed E-state index contributed by atoms with van der Waals surface area (Å²) in [6, 6.07) is 11.0. The molecule has 6 heteroatoms. The van der Waals surface area contributed by atoms with Crippen molar-refractivity contribution >= 4 is 34.8 Å². The van der Waals surface area contributed by atoms with E-state index >= 15 is 0 Å². The van der Waals surface area contributed by atoms with Gasteiger partial charge in [0.25, 0.3) is 11.8 Å². The van der Waals surface area contributed by atoms with Crippen LogP contribution in [0, 0.1) is 0 Å². The molecular weight excluding hydrogens is 278 g/mol. The second kappa shape index (κ2) is 5.63. The lowest BCUT2D eigenvalue weighted by atomic mass is 10.1. The van der Waals surface area contributed by atoms with E-state index in [9.17, 15) is 9.59 Å². The molecule has 0 radical (unpaired) electrons. The third-order valence-electron chi connectivity index (χ3n) is 2.70.